The van der Waals surface area contributed by atoms with Crippen LogP contribution < -0.4 is 11.5 Å². The van der Waals surface area contributed by atoms with Crippen molar-refractivity contribution in [2.45, 2.75) is 63.7 Å². The van der Waals surface area contributed by atoms with Crippen LogP contribution in [0.15, 0.2) is 48.5 Å². The van der Waals surface area contributed by atoms with Gasteiger partial charge in [0.05, 0.1) is 12.1 Å². The number of amides is 2. The van der Waals surface area contributed by atoms with Crippen LogP contribution in [0.2, 0.25) is 0 Å². The van der Waals surface area contributed by atoms with Gasteiger partial charge in [0.15, 0.2) is 0 Å². The molecule has 2 aliphatic rings. The molecular weight excluding hydrogens is 372 g/mol. The Morgan fingerprint density at radius 2 is 1.17 bits per heavy atom. The average molecular weight is 407 g/mol. The van der Waals surface area contributed by atoms with E-state index >= 15 is 0 Å². The lowest BCUT2D eigenvalue weighted by atomic mass is 9.90. The van der Waals surface area contributed by atoms with Gasteiger partial charge in [-0.2, -0.15) is 0 Å². The number of carbonyl (C=O) groups excluding carboxylic acids is 1. The van der Waals surface area contributed by atoms with Gasteiger partial charge in [-0.3, -0.25) is 0 Å². The van der Waals surface area contributed by atoms with Gasteiger partial charge in [-0.1, -0.05) is 48.5 Å². The molecule has 4 rings (SSSR count). The summed E-state index contributed by atoms with van der Waals surface area (Å²) >= 11 is 0. The number of nitrogens with zero attached hydrogens (tertiary/aromatic N) is 2. The molecule has 0 aliphatic carbocycles. The minimum absolute atomic E-state index is 0.110. The predicted octanol–water partition coefficient (Wildman–Crippen LogP) is 4.48. The van der Waals surface area contributed by atoms with Crippen LogP contribution in [0.1, 0.15) is 72.9 Å². The van der Waals surface area contributed by atoms with E-state index in [9.17, 15) is 4.79 Å². The third-order valence-corrected chi connectivity index (χ3v) is 6.77. The Balaban J connectivity index is 1.65. The van der Waals surface area contributed by atoms with E-state index in [1.807, 2.05) is 12.1 Å². The monoisotopic (exact) mass is 406 g/mol. The third kappa shape index (κ3) is 4.09. The molecule has 0 bridgehead atoms. The normalized spacial score (nSPS) is 22.2. The molecule has 5 heteroatoms. The standard InChI is InChI=1S/C25H34N4O/c26-17-19-9-1-3-11-21(19)23-13-5-7-15-28(23)25(30)29-16-8-6-14-24(29)22-12-4-2-10-20(22)18-27/h1-4,9-12,23-24H,5-8,13-18,26-27H2. The molecule has 2 heterocycles. The van der Waals surface area contributed by atoms with E-state index in [0.717, 1.165) is 62.7 Å². The summed E-state index contributed by atoms with van der Waals surface area (Å²) in [5, 5.41) is 0. The summed E-state index contributed by atoms with van der Waals surface area (Å²) in [6.45, 7) is 2.63. The summed E-state index contributed by atoms with van der Waals surface area (Å²) in [7, 11) is 0. The summed E-state index contributed by atoms with van der Waals surface area (Å²) < 4.78 is 0. The van der Waals surface area contributed by atoms with Crippen molar-refractivity contribution in [1.82, 2.24) is 9.80 Å². The molecular formula is C25H34N4O. The van der Waals surface area contributed by atoms with Crippen molar-refractivity contribution in [2.24, 2.45) is 11.5 Å². The van der Waals surface area contributed by atoms with Crippen molar-refractivity contribution < 1.29 is 4.79 Å². The summed E-state index contributed by atoms with van der Waals surface area (Å²) in [6.07, 6.45) is 6.41. The second-order valence-corrected chi connectivity index (χ2v) is 8.50. The maximum absolute atomic E-state index is 13.9. The average Bonchev–Trinajstić information content (AvgIpc) is 2.83. The Morgan fingerprint density at radius 1 is 0.733 bits per heavy atom. The topological polar surface area (TPSA) is 75.6 Å². The zero-order valence-corrected chi connectivity index (χ0v) is 17.8. The van der Waals surface area contributed by atoms with Crippen LogP contribution in [-0.4, -0.2) is 28.9 Å². The Bertz CT molecular complexity index is 798. The summed E-state index contributed by atoms with van der Waals surface area (Å²) in [6, 6.07) is 17.1. The van der Waals surface area contributed by atoms with Gasteiger partial charge in [0.2, 0.25) is 0 Å². The minimum atomic E-state index is 0.110. The number of likely N-dealkylation sites (tertiary alicyclic amines) is 2. The molecule has 30 heavy (non-hydrogen) atoms. The van der Waals surface area contributed by atoms with E-state index in [1.54, 1.807) is 0 Å². The number of rotatable bonds is 4. The maximum atomic E-state index is 13.9. The van der Waals surface area contributed by atoms with Crippen molar-refractivity contribution in [1.29, 1.82) is 0 Å². The van der Waals surface area contributed by atoms with Crippen LogP contribution in [-0.2, 0) is 13.1 Å². The number of hydrogen-bond donors (Lipinski definition) is 2. The lowest BCUT2D eigenvalue weighted by Crippen LogP contribution is -2.49. The molecule has 5 nitrogen and oxygen atoms in total. The number of piperidine rings is 2. The highest BCUT2D eigenvalue weighted by atomic mass is 16.2. The van der Waals surface area contributed by atoms with Gasteiger partial charge < -0.3 is 21.3 Å². The number of urea groups is 1. The van der Waals surface area contributed by atoms with Gasteiger partial charge in [0.1, 0.15) is 0 Å². The van der Waals surface area contributed by atoms with E-state index in [4.69, 9.17) is 11.5 Å². The van der Waals surface area contributed by atoms with Crippen LogP contribution in [0.5, 0.6) is 0 Å². The first-order valence-electron chi connectivity index (χ1n) is 11.4. The smallest absolute Gasteiger partial charge is 0.321 e. The second-order valence-electron chi connectivity index (χ2n) is 8.50. The summed E-state index contributed by atoms with van der Waals surface area (Å²) in [4.78, 5) is 18.1. The lowest BCUT2D eigenvalue weighted by molar-refractivity contribution is 0.0870. The van der Waals surface area contributed by atoms with E-state index in [2.05, 4.69) is 46.2 Å². The maximum Gasteiger partial charge on any atom is 0.321 e. The summed E-state index contributed by atoms with van der Waals surface area (Å²) in [5.74, 6) is 0. The van der Waals surface area contributed by atoms with Crippen LogP contribution in [0.3, 0.4) is 0 Å². The van der Waals surface area contributed by atoms with Crippen LogP contribution in [0, 0.1) is 0 Å². The molecule has 2 saturated heterocycles. The molecule has 2 aromatic carbocycles. The first kappa shape index (κ1) is 20.9. The largest absolute Gasteiger partial charge is 0.326 e. The highest BCUT2D eigenvalue weighted by Crippen LogP contribution is 2.38. The van der Waals surface area contributed by atoms with E-state index < -0.39 is 0 Å². The van der Waals surface area contributed by atoms with Crippen LogP contribution >= 0.6 is 0 Å². The quantitative estimate of drug-likeness (QED) is 0.786. The molecule has 0 aromatic heterocycles. The number of benzene rings is 2. The molecule has 2 aromatic rings. The number of nitrogens with two attached hydrogens (primary N) is 2. The van der Waals surface area contributed by atoms with Gasteiger partial charge in [0, 0.05) is 26.2 Å². The fraction of sp³-hybridized carbons (Fsp3) is 0.480. The molecule has 2 amide bonds. The summed E-state index contributed by atoms with van der Waals surface area (Å²) in [5.41, 5.74) is 16.8. The molecule has 2 atom stereocenters. The fourth-order valence-corrected chi connectivity index (χ4v) is 5.22. The van der Waals surface area contributed by atoms with Gasteiger partial charge in [-0.15, -0.1) is 0 Å². The first-order chi connectivity index (χ1) is 14.7. The Morgan fingerprint density at radius 3 is 1.60 bits per heavy atom. The minimum Gasteiger partial charge on any atom is -0.326 e. The van der Waals surface area contributed by atoms with Gasteiger partial charge in [-0.05, 0) is 60.8 Å². The lowest BCUT2D eigenvalue weighted by Gasteiger charge is -2.44. The van der Waals surface area contributed by atoms with Crippen molar-refractivity contribution in [3.8, 4) is 0 Å². The molecule has 2 aliphatic heterocycles. The Kier molecular flexibility index (Phi) is 6.70. The SMILES string of the molecule is NCc1ccccc1C1CCCCN1C(=O)N1CCCCC1c1ccccc1CN. The molecule has 2 unspecified atom stereocenters. The molecule has 0 saturated carbocycles. The predicted molar refractivity (Wildman–Crippen MR) is 121 cm³/mol. The molecule has 2 fully saturated rings. The molecule has 0 spiro atoms. The van der Waals surface area contributed by atoms with Crippen LogP contribution in [0.4, 0.5) is 4.79 Å². The zero-order valence-electron chi connectivity index (χ0n) is 17.8. The Labute approximate surface area is 180 Å². The third-order valence-electron chi connectivity index (χ3n) is 6.77. The zero-order chi connectivity index (χ0) is 20.9. The van der Waals surface area contributed by atoms with E-state index in [-0.39, 0.29) is 18.1 Å². The fourth-order valence-electron chi connectivity index (χ4n) is 5.22. The van der Waals surface area contributed by atoms with E-state index in [1.165, 1.54) is 11.1 Å². The van der Waals surface area contributed by atoms with Crippen molar-refractivity contribution in [3.63, 3.8) is 0 Å². The molecule has 160 valence electrons. The van der Waals surface area contributed by atoms with Crippen LogP contribution in [0.25, 0.3) is 0 Å². The van der Waals surface area contributed by atoms with Gasteiger partial charge in [0.25, 0.3) is 0 Å². The highest BCUT2D eigenvalue weighted by molar-refractivity contribution is 5.76. The number of hydrogen-bond acceptors (Lipinski definition) is 3. The molecule has 0 radical (unpaired) electrons. The first-order valence-corrected chi connectivity index (χ1v) is 11.4. The van der Waals surface area contributed by atoms with Crippen molar-refractivity contribution >= 4 is 6.03 Å². The highest BCUT2D eigenvalue weighted by Gasteiger charge is 2.36. The second kappa shape index (κ2) is 9.63. The Hall–Kier alpha value is -2.37. The molecule has 4 N–H and O–H groups in total. The number of carbonyl (C=O) groups is 1. The van der Waals surface area contributed by atoms with Crippen molar-refractivity contribution in [2.75, 3.05) is 13.1 Å². The van der Waals surface area contributed by atoms with Crippen molar-refractivity contribution in [3.05, 3.63) is 70.8 Å². The van der Waals surface area contributed by atoms with E-state index in [0.29, 0.717) is 13.1 Å². The van der Waals surface area contributed by atoms with Gasteiger partial charge in [-0.25, -0.2) is 4.79 Å². The van der Waals surface area contributed by atoms with Gasteiger partial charge >= 0.3 is 6.03 Å².